The SMILES string of the molecule is COc1ccc(NC(=O)c2sccc2C#CCO)cn1. The van der Waals surface area contributed by atoms with Crippen LogP contribution in [-0.4, -0.2) is 29.7 Å². The molecule has 0 unspecified atom stereocenters. The molecule has 2 rings (SSSR count). The summed E-state index contributed by atoms with van der Waals surface area (Å²) in [6.07, 6.45) is 1.52. The van der Waals surface area contributed by atoms with Crippen molar-refractivity contribution in [3.63, 3.8) is 0 Å². The van der Waals surface area contributed by atoms with Crippen molar-refractivity contribution in [1.82, 2.24) is 4.98 Å². The number of aliphatic hydroxyl groups excluding tert-OH is 1. The van der Waals surface area contributed by atoms with Gasteiger partial charge in [-0.1, -0.05) is 11.8 Å². The van der Waals surface area contributed by atoms with E-state index in [1.165, 1.54) is 24.6 Å². The number of pyridine rings is 1. The van der Waals surface area contributed by atoms with E-state index >= 15 is 0 Å². The number of aromatic nitrogens is 1. The van der Waals surface area contributed by atoms with Crippen LogP contribution in [0.15, 0.2) is 29.8 Å². The quantitative estimate of drug-likeness (QED) is 0.844. The molecule has 0 saturated carbocycles. The molecule has 2 aromatic rings. The van der Waals surface area contributed by atoms with Crippen LogP contribution >= 0.6 is 11.3 Å². The lowest BCUT2D eigenvalue weighted by Crippen LogP contribution is -2.11. The largest absolute Gasteiger partial charge is 0.481 e. The maximum Gasteiger partial charge on any atom is 0.267 e. The molecule has 0 aromatic carbocycles. The summed E-state index contributed by atoms with van der Waals surface area (Å²) in [5.74, 6) is 5.49. The Morgan fingerprint density at radius 2 is 2.35 bits per heavy atom. The third kappa shape index (κ3) is 3.35. The van der Waals surface area contributed by atoms with E-state index in [0.717, 1.165) is 0 Å². The highest BCUT2D eigenvalue weighted by molar-refractivity contribution is 7.12. The number of ether oxygens (including phenoxy) is 1. The summed E-state index contributed by atoms with van der Waals surface area (Å²) in [5, 5.41) is 13.2. The maximum atomic E-state index is 12.1. The predicted octanol–water partition coefficient (Wildman–Crippen LogP) is 1.75. The summed E-state index contributed by atoms with van der Waals surface area (Å²) in [7, 11) is 1.53. The van der Waals surface area contributed by atoms with Gasteiger partial charge in [-0.15, -0.1) is 11.3 Å². The van der Waals surface area contributed by atoms with E-state index in [9.17, 15) is 4.79 Å². The van der Waals surface area contributed by atoms with Gasteiger partial charge in [0.2, 0.25) is 5.88 Å². The molecule has 1 amide bonds. The molecule has 0 bridgehead atoms. The Bertz CT molecular complexity index is 653. The van der Waals surface area contributed by atoms with Gasteiger partial charge in [0.15, 0.2) is 0 Å². The molecule has 0 saturated heterocycles. The molecule has 0 fully saturated rings. The van der Waals surface area contributed by atoms with Gasteiger partial charge in [0, 0.05) is 11.6 Å². The van der Waals surface area contributed by atoms with Gasteiger partial charge in [-0.25, -0.2) is 4.98 Å². The number of nitrogens with zero attached hydrogens (tertiary/aromatic N) is 1. The molecule has 0 atom stereocenters. The Morgan fingerprint density at radius 3 is 3.00 bits per heavy atom. The number of carbonyl (C=O) groups excluding carboxylic acids is 1. The Labute approximate surface area is 120 Å². The molecule has 5 nitrogen and oxygen atoms in total. The molecule has 0 spiro atoms. The Balaban J connectivity index is 2.13. The van der Waals surface area contributed by atoms with Crippen molar-refractivity contribution in [2.75, 3.05) is 19.0 Å². The zero-order chi connectivity index (χ0) is 14.4. The highest BCUT2D eigenvalue weighted by Gasteiger charge is 2.12. The summed E-state index contributed by atoms with van der Waals surface area (Å²) >= 11 is 1.29. The van der Waals surface area contributed by atoms with Crippen molar-refractivity contribution >= 4 is 22.9 Å². The first-order chi connectivity index (χ1) is 9.74. The number of hydrogen-bond acceptors (Lipinski definition) is 5. The molecular formula is C14H12N2O3S. The average molecular weight is 288 g/mol. The second-order valence-electron chi connectivity index (χ2n) is 3.67. The molecule has 6 heteroatoms. The normalized spacial score (nSPS) is 9.50. The van der Waals surface area contributed by atoms with Gasteiger partial charge in [0.05, 0.1) is 19.0 Å². The summed E-state index contributed by atoms with van der Waals surface area (Å²) < 4.78 is 4.95. The number of methoxy groups -OCH3 is 1. The minimum atomic E-state index is -0.255. The van der Waals surface area contributed by atoms with Crippen LogP contribution in [0.1, 0.15) is 15.2 Å². The fourth-order valence-corrected chi connectivity index (χ4v) is 2.23. The zero-order valence-electron chi connectivity index (χ0n) is 10.7. The fourth-order valence-electron chi connectivity index (χ4n) is 1.48. The standard InChI is InChI=1S/C14H12N2O3S/c1-19-12-5-4-11(9-15-12)16-14(18)13-10(3-2-7-17)6-8-20-13/h4-6,8-9,17H,7H2,1H3,(H,16,18). The van der Waals surface area contributed by atoms with Gasteiger partial charge in [0.25, 0.3) is 5.91 Å². The molecule has 0 aliphatic carbocycles. The van der Waals surface area contributed by atoms with Crippen molar-refractivity contribution in [2.45, 2.75) is 0 Å². The molecule has 2 heterocycles. The number of amides is 1. The summed E-state index contributed by atoms with van der Waals surface area (Å²) in [5.41, 5.74) is 1.17. The maximum absolute atomic E-state index is 12.1. The van der Waals surface area contributed by atoms with Crippen LogP contribution in [0.25, 0.3) is 0 Å². The zero-order valence-corrected chi connectivity index (χ0v) is 11.5. The van der Waals surface area contributed by atoms with Crippen molar-refractivity contribution in [1.29, 1.82) is 0 Å². The number of nitrogens with one attached hydrogen (secondary N) is 1. The van der Waals surface area contributed by atoms with E-state index in [-0.39, 0.29) is 12.5 Å². The van der Waals surface area contributed by atoms with Crippen LogP contribution in [0.4, 0.5) is 5.69 Å². The van der Waals surface area contributed by atoms with Crippen molar-refractivity contribution in [3.05, 3.63) is 40.2 Å². The smallest absolute Gasteiger partial charge is 0.267 e. The number of carbonyl (C=O) groups is 1. The van der Waals surface area contributed by atoms with Crippen molar-refractivity contribution in [3.8, 4) is 17.7 Å². The Kier molecular flexibility index (Phi) is 4.71. The molecule has 2 aromatic heterocycles. The molecule has 0 radical (unpaired) electrons. The number of thiophene rings is 1. The van der Waals surface area contributed by atoms with Crippen LogP contribution in [0.2, 0.25) is 0 Å². The van der Waals surface area contributed by atoms with E-state index in [0.29, 0.717) is 22.0 Å². The van der Waals surface area contributed by atoms with Crippen molar-refractivity contribution in [2.24, 2.45) is 0 Å². The van der Waals surface area contributed by atoms with Gasteiger partial charge in [-0.2, -0.15) is 0 Å². The molecule has 102 valence electrons. The molecule has 20 heavy (non-hydrogen) atoms. The first kappa shape index (κ1) is 14.1. The van der Waals surface area contributed by atoms with Gasteiger partial charge < -0.3 is 15.2 Å². The van der Waals surface area contributed by atoms with E-state index in [2.05, 4.69) is 22.1 Å². The van der Waals surface area contributed by atoms with Crippen LogP contribution in [-0.2, 0) is 0 Å². The first-order valence-electron chi connectivity index (χ1n) is 5.73. The second kappa shape index (κ2) is 6.70. The van der Waals surface area contributed by atoms with Gasteiger partial charge in [0.1, 0.15) is 11.5 Å². The summed E-state index contributed by atoms with van der Waals surface area (Å²) in [4.78, 5) is 16.6. The third-order valence-electron chi connectivity index (χ3n) is 2.38. The van der Waals surface area contributed by atoms with E-state index < -0.39 is 0 Å². The fraction of sp³-hybridized carbons (Fsp3) is 0.143. The lowest BCUT2D eigenvalue weighted by molar-refractivity contribution is 0.103. The number of hydrogen-bond donors (Lipinski definition) is 2. The molecule has 0 aliphatic heterocycles. The molecule has 0 aliphatic rings. The highest BCUT2D eigenvalue weighted by Crippen LogP contribution is 2.18. The Morgan fingerprint density at radius 1 is 1.50 bits per heavy atom. The predicted molar refractivity (Wildman–Crippen MR) is 77.0 cm³/mol. The third-order valence-corrected chi connectivity index (χ3v) is 3.29. The minimum Gasteiger partial charge on any atom is -0.481 e. The molecular weight excluding hydrogens is 276 g/mol. The lowest BCUT2D eigenvalue weighted by Gasteiger charge is -2.04. The van der Waals surface area contributed by atoms with Gasteiger partial charge in [-0.3, -0.25) is 4.79 Å². The van der Waals surface area contributed by atoms with Crippen LogP contribution in [0.3, 0.4) is 0 Å². The average Bonchev–Trinajstić information content (AvgIpc) is 2.94. The monoisotopic (exact) mass is 288 g/mol. The number of anilines is 1. The summed E-state index contributed by atoms with van der Waals surface area (Å²) in [6.45, 7) is -0.237. The lowest BCUT2D eigenvalue weighted by atomic mass is 10.2. The topological polar surface area (TPSA) is 71.5 Å². The van der Waals surface area contributed by atoms with Crippen LogP contribution in [0.5, 0.6) is 5.88 Å². The van der Waals surface area contributed by atoms with E-state index in [4.69, 9.17) is 9.84 Å². The first-order valence-corrected chi connectivity index (χ1v) is 6.61. The number of aliphatic hydroxyl groups is 1. The van der Waals surface area contributed by atoms with E-state index in [1.807, 2.05) is 0 Å². The molecule has 2 N–H and O–H groups in total. The van der Waals surface area contributed by atoms with E-state index in [1.54, 1.807) is 23.6 Å². The summed E-state index contributed by atoms with van der Waals surface area (Å²) in [6, 6.07) is 5.11. The highest BCUT2D eigenvalue weighted by atomic mass is 32.1. The second-order valence-corrected chi connectivity index (χ2v) is 4.58. The number of rotatable bonds is 3. The van der Waals surface area contributed by atoms with Crippen LogP contribution < -0.4 is 10.1 Å². The van der Waals surface area contributed by atoms with Crippen LogP contribution in [0, 0.1) is 11.8 Å². The minimum absolute atomic E-state index is 0.237. The Hall–Kier alpha value is -2.36. The van der Waals surface area contributed by atoms with Gasteiger partial charge in [-0.05, 0) is 17.5 Å². The van der Waals surface area contributed by atoms with Gasteiger partial charge >= 0.3 is 0 Å². The van der Waals surface area contributed by atoms with Crippen molar-refractivity contribution < 1.29 is 14.6 Å².